The Kier molecular flexibility index (Phi) is 15.1. The average Bonchev–Trinajstić information content (AvgIpc) is 2.77. The number of halogens is 2. The second-order valence-corrected chi connectivity index (χ2v) is 7.60. The van der Waals surface area contributed by atoms with Crippen molar-refractivity contribution < 1.29 is 18.6 Å². The number of hydrogen-bond acceptors (Lipinski definition) is 4. The summed E-state index contributed by atoms with van der Waals surface area (Å²) in [6.45, 7) is 10.3. The molecule has 31 heavy (non-hydrogen) atoms. The second kappa shape index (κ2) is 16.6. The molecule has 1 fully saturated rings. The molecule has 0 aliphatic carbocycles. The highest BCUT2D eigenvalue weighted by molar-refractivity contribution is 14.0. The normalized spacial score (nSPS) is 15.9. The molecule has 2 N–H and O–H groups in total. The molecule has 0 atom stereocenters. The molecule has 0 bridgehead atoms. The van der Waals surface area contributed by atoms with E-state index >= 15 is 0 Å². The highest BCUT2D eigenvalue weighted by atomic mass is 127. The predicted octanol–water partition coefficient (Wildman–Crippen LogP) is 3.88. The number of ether oxygens (including phenoxy) is 3. The summed E-state index contributed by atoms with van der Waals surface area (Å²) in [4.78, 5) is 4.84. The van der Waals surface area contributed by atoms with Crippen molar-refractivity contribution in [3.63, 3.8) is 0 Å². The van der Waals surface area contributed by atoms with Crippen molar-refractivity contribution in [3.8, 4) is 0 Å². The van der Waals surface area contributed by atoms with E-state index in [1.807, 2.05) is 19.1 Å². The third-order valence-electron chi connectivity index (χ3n) is 5.34. The molecular formula is C23H39FIN3O3. The fourth-order valence-corrected chi connectivity index (χ4v) is 3.49. The van der Waals surface area contributed by atoms with Gasteiger partial charge in [0.1, 0.15) is 5.82 Å². The first-order chi connectivity index (χ1) is 14.7. The summed E-state index contributed by atoms with van der Waals surface area (Å²) in [6.07, 6.45) is 3.99. The first-order valence-corrected chi connectivity index (χ1v) is 11.2. The van der Waals surface area contributed by atoms with Crippen molar-refractivity contribution >= 4 is 29.9 Å². The van der Waals surface area contributed by atoms with Gasteiger partial charge >= 0.3 is 0 Å². The molecule has 2 rings (SSSR count). The highest BCUT2D eigenvalue weighted by Crippen LogP contribution is 2.35. The Labute approximate surface area is 203 Å². The molecule has 1 saturated heterocycles. The van der Waals surface area contributed by atoms with Crippen molar-refractivity contribution in [3.05, 3.63) is 35.6 Å². The second-order valence-electron chi connectivity index (χ2n) is 7.60. The maximum Gasteiger partial charge on any atom is 0.191 e. The fraction of sp³-hybridized carbons (Fsp3) is 0.696. The zero-order chi connectivity index (χ0) is 21.5. The van der Waals surface area contributed by atoms with Gasteiger partial charge in [-0.15, -0.1) is 24.0 Å². The first-order valence-electron chi connectivity index (χ1n) is 11.2. The Morgan fingerprint density at radius 2 is 1.71 bits per heavy atom. The van der Waals surface area contributed by atoms with Crippen LogP contribution in [0.3, 0.4) is 0 Å². The Hall–Kier alpha value is -0.970. The van der Waals surface area contributed by atoms with Crippen LogP contribution in [0.5, 0.6) is 0 Å². The summed E-state index contributed by atoms with van der Waals surface area (Å²) in [7, 11) is 0. The molecule has 0 aromatic heterocycles. The lowest BCUT2D eigenvalue weighted by Crippen LogP contribution is -2.42. The third-order valence-corrected chi connectivity index (χ3v) is 5.34. The SMILES string of the molecule is CCCCOCCOCCNC(=NCC1(c2ccc(F)cc2)CCOCC1)NCC.I. The predicted molar refractivity (Wildman–Crippen MR) is 134 cm³/mol. The van der Waals surface area contributed by atoms with Crippen LogP contribution in [-0.2, 0) is 19.6 Å². The Balaban J connectivity index is 0.00000480. The van der Waals surface area contributed by atoms with E-state index in [9.17, 15) is 4.39 Å². The molecule has 1 aromatic carbocycles. The summed E-state index contributed by atoms with van der Waals surface area (Å²) in [5.74, 6) is 0.559. The van der Waals surface area contributed by atoms with Crippen LogP contribution < -0.4 is 10.6 Å². The van der Waals surface area contributed by atoms with Gasteiger partial charge in [0.25, 0.3) is 0 Å². The summed E-state index contributed by atoms with van der Waals surface area (Å²) in [6, 6.07) is 6.83. The molecule has 1 aromatic rings. The summed E-state index contributed by atoms with van der Waals surface area (Å²) in [5.41, 5.74) is 0.999. The van der Waals surface area contributed by atoms with E-state index in [0.717, 1.165) is 50.4 Å². The molecule has 0 amide bonds. The Bertz CT molecular complexity index is 611. The smallest absolute Gasteiger partial charge is 0.191 e. The average molecular weight is 551 g/mol. The van der Waals surface area contributed by atoms with E-state index < -0.39 is 0 Å². The minimum absolute atomic E-state index is 0. The van der Waals surface area contributed by atoms with E-state index in [1.165, 1.54) is 12.1 Å². The summed E-state index contributed by atoms with van der Waals surface area (Å²) in [5, 5.41) is 6.62. The van der Waals surface area contributed by atoms with Crippen LogP contribution in [0.1, 0.15) is 45.1 Å². The maximum absolute atomic E-state index is 13.4. The number of guanidine groups is 1. The van der Waals surface area contributed by atoms with Crippen molar-refractivity contribution in [2.75, 3.05) is 59.3 Å². The van der Waals surface area contributed by atoms with Gasteiger partial charge in [-0.3, -0.25) is 4.99 Å². The molecular weight excluding hydrogens is 512 g/mol. The van der Waals surface area contributed by atoms with Crippen LogP contribution in [0, 0.1) is 5.82 Å². The first kappa shape index (κ1) is 28.1. The van der Waals surface area contributed by atoms with Gasteiger partial charge in [-0.2, -0.15) is 0 Å². The molecule has 178 valence electrons. The number of aliphatic imine (C=N–C) groups is 1. The molecule has 1 heterocycles. The van der Waals surface area contributed by atoms with Crippen LogP contribution in [0.2, 0.25) is 0 Å². The van der Waals surface area contributed by atoms with Gasteiger partial charge in [-0.25, -0.2) is 4.39 Å². The van der Waals surface area contributed by atoms with Crippen LogP contribution in [-0.4, -0.2) is 65.2 Å². The van der Waals surface area contributed by atoms with Gasteiger partial charge in [0.2, 0.25) is 0 Å². The van der Waals surface area contributed by atoms with Crippen LogP contribution in [0.15, 0.2) is 29.3 Å². The van der Waals surface area contributed by atoms with Crippen molar-refractivity contribution in [2.45, 2.75) is 44.9 Å². The standard InChI is InChI=1S/C23H38FN3O3.HI/c1-3-5-13-28-17-18-30-16-12-26-22(25-4-2)27-19-23(10-14-29-15-11-23)20-6-8-21(24)9-7-20;/h6-9H,3-5,10-19H2,1-2H3,(H2,25,26,27);1H. The van der Waals surface area contributed by atoms with Crippen LogP contribution in [0.4, 0.5) is 4.39 Å². The van der Waals surface area contributed by atoms with E-state index in [0.29, 0.717) is 46.1 Å². The van der Waals surface area contributed by atoms with Crippen LogP contribution in [0.25, 0.3) is 0 Å². The van der Waals surface area contributed by atoms with E-state index in [4.69, 9.17) is 19.2 Å². The molecule has 0 unspecified atom stereocenters. The number of nitrogens with one attached hydrogen (secondary N) is 2. The molecule has 1 aliphatic heterocycles. The zero-order valence-corrected chi connectivity index (χ0v) is 21.3. The number of rotatable bonds is 13. The lowest BCUT2D eigenvalue weighted by molar-refractivity contribution is 0.0486. The van der Waals surface area contributed by atoms with Gasteiger partial charge in [0, 0.05) is 38.3 Å². The minimum atomic E-state index is -0.213. The topological polar surface area (TPSA) is 64.1 Å². The van der Waals surface area contributed by atoms with E-state index in [-0.39, 0.29) is 35.2 Å². The van der Waals surface area contributed by atoms with Crippen LogP contribution >= 0.6 is 24.0 Å². The van der Waals surface area contributed by atoms with Crippen molar-refractivity contribution in [1.82, 2.24) is 10.6 Å². The molecule has 0 spiro atoms. The maximum atomic E-state index is 13.4. The highest BCUT2D eigenvalue weighted by Gasteiger charge is 2.34. The lowest BCUT2D eigenvalue weighted by atomic mass is 9.74. The molecule has 0 saturated carbocycles. The number of hydrogen-bond donors (Lipinski definition) is 2. The summed E-state index contributed by atoms with van der Waals surface area (Å²) < 4.78 is 30.1. The monoisotopic (exact) mass is 551 g/mol. The number of unbranched alkanes of at least 4 members (excludes halogenated alkanes) is 1. The van der Waals surface area contributed by atoms with Gasteiger partial charge in [0.05, 0.1) is 26.4 Å². The van der Waals surface area contributed by atoms with Crippen molar-refractivity contribution in [1.29, 1.82) is 0 Å². The summed E-state index contributed by atoms with van der Waals surface area (Å²) >= 11 is 0. The Morgan fingerprint density at radius 1 is 1.03 bits per heavy atom. The number of benzene rings is 1. The lowest BCUT2D eigenvalue weighted by Gasteiger charge is -2.36. The van der Waals surface area contributed by atoms with E-state index in [2.05, 4.69) is 17.6 Å². The minimum Gasteiger partial charge on any atom is -0.381 e. The zero-order valence-electron chi connectivity index (χ0n) is 19.0. The molecule has 8 heteroatoms. The fourth-order valence-electron chi connectivity index (χ4n) is 3.49. The number of nitrogens with zero attached hydrogens (tertiary/aromatic N) is 1. The Morgan fingerprint density at radius 3 is 2.35 bits per heavy atom. The van der Waals surface area contributed by atoms with Crippen molar-refractivity contribution in [2.24, 2.45) is 4.99 Å². The quantitative estimate of drug-likeness (QED) is 0.169. The molecule has 1 aliphatic rings. The third kappa shape index (κ3) is 10.5. The molecule has 0 radical (unpaired) electrons. The van der Waals surface area contributed by atoms with E-state index in [1.54, 1.807) is 0 Å². The van der Waals surface area contributed by atoms with Gasteiger partial charge in [-0.05, 0) is 43.9 Å². The van der Waals surface area contributed by atoms with Gasteiger partial charge in [0.15, 0.2) is 5.96 Å². The van der Waals surface area contributed by atoms with Gasteiger partial charge in [-0.1, -0.05) is 25.5 Å². The molecule has 6 nitrogen and oxygen atoms in total. The van der Waals surface area contributed by atoms with Gasteiger partial charge < -0.3 is 24.8 Å². The largest absolute Gasteiger partial charge is 0.381 e.